The van der Waals surface area contributed by atoms with Crippen molar-refractivity contribution in [2.45, 2.75) is 19.5 Å². The molecule has 0 radical (unpaired) electrons. The van der Waals surface area contributed by atoms with Gasteiger partial charge in [0.1, 0.15) is 12.3 Å². The summed E-state index contributed by atoms with van der Waals surface area (Å²) in [7, 11) is 1.58. The van der Waals surface area contributed by atoms with E-state index in [0.717, 1.165) is 32.9 Å². The average molecular weight is 414 g/mol. The number of aliphatic carboxylic acids is 1. The van der Waals surface area contributed by atoms with Gasteiger partial charge in [0.2, 0.25) is 0 Å². The minimum absolute atomic E-state index is 0.0747. The van der Waals surface area contributed by atoms with Crippen molar-refractivity contribution >= 4 is 33.6 Å². The van der Waals surface area contributed by atoms with Gasteiger partial charge in [-0.25, -0.2) is 0 Å². The van der Waals surface area contributed by atoms with Crippen LogP contribution >= 0.6 is 0 Å². The van der Waals surface area contributed by atoms with E-state index in [1.807, 2.05) is 70.1 Å². The lowest BCUT2D eigenvalue weighted by Crippen LogP contribution is -2.36. The van der Waals surface area contributed by atoms with Gasteiger partial charge in [-0.05, 0) is 22.9 Å². The predicted octanol–water partition coefficient (Wildman–Crippen LogP) is 4.09. The molecular formula is C25H22N2O4. The Morgan fingerprint density at radius 3 is 2.52 bits per heavy atom. The van der Waals surface area contributed by atoms with Crippen LogP contribution < -0.4 is 4.74 Å². The molecule has 0 bridgehead atoms. The van der Waals surface area contributed by atoms with Gasteiger partial charge in [0.15, 0.2) is 0 Å². The normalized spacial score (nSPS) is 13.4. The Balaban J connectivity index is 1.59. The van der Waals surface area contributed by atoms with Crippen LogP contribution in [-0.4, -0.2) is 40.1 Å². The van der Waals surface area contributed by atoms with Crippen LogP contribution in [-0.2, 0) is 24.3 Å². The van der Waals surface area contributed by atoms with Gasteiger partial charge in [0, 0.05) is 41.7 Å². The number of para-hydroxylation sites is 1. The number of nitrogens with zero attached hydrogens (tertiary/aromatic N) is 2. The predicted molar refractivity (Wildman–Crippen MR) is 119 cm³/mol. The molecule has 1 amide bonds. The zero-order valence-corrected chi connectivity index (χ0v) is 17.2. The lowest BCUT2D eigenvalue weighted by molar-refractivity contribution is -0.137. The summed E-state index contributed by atoms with van der Waals surface area (Å²) >= 11 is 0. The number of rotatable bonds is 4. The molecule has 0 saturated carbocycles. The van der Waals surface area contributed by atoms with E-state index in [0.29, 0.717) is 30.8 Å². The number of aromatic nitrogens is 1. The number of carboxylic acids is 1. The third kappa shape index (κ3) is 3.11. The Kier molecular flexibility index (Phi) is 4.62. The maximum absolute atomic E-state index is 13.7. The van der Waals surface area contributed by atoms with Gasteiger partial charge in [0.25, 0.3) is 5.91 Å². The van der Waals surface area contributed by atoms with Crippen LogP contribution in [0.5, 0.6) is 5.75 Å². The summed E-state index contributed by atoms with van der Waals surface area (Å²) in [6.07, 6.45) is 0.607. The van der Waals surface area contributed by atoms with Crippen LogP contribution in [0.3, 0.4) is 0 Å². The molecule has 31 heavy (non-hydrogen) atoms. The summed E-state index contributed by atoms with van der Waals surface area (Å²) in [4.78, 5) is 27.0. The first kappa shape index (κ1) is 19.2. The number of carbonyl (C=O) groups is 2. The van der Waals surface area contributed by atoms with Crippen LogP contribution in [0.2, 0.25) is 0 Å². The number of hydrogen-bond acceptors (Lipinski definition) is 3. The van der Waals surface area contributed by atoms with Crippen LogP contribution in [0.4, 0.5) is 0 Å². The molecule has 0 unspecified atom stereocenters. The van der Waals surface area contributed by atoms with Gasteiger partial charge in [-0.15, -0.1) is 0 Å². The molecule has 0 saturated heterocycles. The van der Waals surface area contributed by atoms with Crippen LogP contribution in [0.25, 0.3) is 21.7 Å². The van der Waals surface area contributed by atoms with Gasteiger partial charge in [-0.2, -0.15) is 0 Å². The third-order valence-electron chi connectivity index (χ3n) is 6.07. The summed E-state index contributed by atoms with van der Waals surface area (Å²) < 4.78 is 7.40. The van der Waals surface area contributed by atoms with E-state index in [1.165, 1.54) is 0 Å². The minimum Gasteiger partial charge on any atom is -0.496 e. The van der Waals surface area contributed by atoms with E-state index in [1.54, 1.807) is 7.11 Å². The first-order chi connectivity index (χ1) is 15.1. The quantitative estimate of drug-likeness (QED) is 0.546. The van der Waals surface area contributed by atoms with Crippen molar-refractivity contribution in [1.29, 1.82) is 0 Å². The Labute approximate surface area is 179 Å². The van der Waals surface area contributed by atoms with E-state index in [4.69, 9.17) is 4.74 Å². The molecule has 0 spiro atoms. The molecule has 5 rings (SSSR count). The number of hydrogen-bond donors (Lipinski definition) is 1. The second-order valence-electron chi connectivity index (χ2n) is 7.76. The summed E-state index contributed by atoms with van der Waals surface area (Å²) in [6.45, 7) is 0.878. The van der Waals surface area contributed by atoms with E-state index in [9.17, 15) is 14.7 Å². The zero-order chi connectivity index (χ0) is 21.5. The molecule has 4 aromatic rings. The molecule has 1 aliphatic heterocycles. The van der Waals surface area contributed by atoms with Crippen molar-refractivity contribution < 1.29 is 19.4 Å². The highest BCUT2D eigenvalue weighted by molar-refractivity contribution is 6.09. The number of amides is 1. The lowest BCUT2D eigenvalue weighted by atomic mass is 9.99. The number of fused-ring (bicyclic) bond motifs is 4. The molecule has 156 valence electrons. The standard InChI is InChI=1S/C25H22N2O4/c1-31-22-11-10-16-6-2-3-7-17(16)24(22)25(30)26-13-12-21-19(14-26)18-8-4-5-9-20(18)27(21)15-23(28)29/h2-11H,12-15H2,1H3,(H,28,29). The molecule has 1 N–H and O–H groups in total. The molecule has 1 aliphatic rings. The molecule has 3 aromatic carbocycles. The molecular weight excluding hydrogens is 392 g/mol. The highest BCUT2D eigenvalue weighted by atomic mass is 16.5. The van der Waals surface area contributed by atoms with Crippen LogP contribution in [0.15, 0.2) is 60.7 Å². The summed E-state index contributed by atoms with van der Waals surface area (Å²) in [5, 5.41) is 12.3. The van der Waals surface area contributed by atoms with Gasteiger partial charge in [0.05, 0.1) is 12.7 Å². The van der Waals surface area contributed by atoms with Crippen molar-refractivity contribution in [3.05, 3.63) is 77.5 Å². The Bertz CT molecular complexity index is 1340. The molecule has 6 nitrogen and oxygen atoms in total. The van der Waals surface area contributed by atoms with Crippen LogP contribution in [0.1, 0.15) is 21.6 Å². The molecule has 6 heteroatoms. The zero-order valence-electron chi connectivity index (χ0n) is 17.2. The van der Waals surface area contributed by atoms with Crippen molar-refractivity contribution in [1.82, 2.24) is 9.47 Å². The average Bonchev–Trinajstić information content (AvgIpc) is 3.10. The number of ether oxygens (including phenoxy) is 1. The van der Waals surface area contributed by atoms with Crippen LogP contribution in [0, 0.1) is 0 Å². The maximum Gasteiger partial charge on any atom is 0.323 e. The summed E-state index contributed by atoms with van der Waals surface area (Å²) in [5.74, 6) is -0.389. The van der Waals surface area contributed by atoms with Crippen molar-refractivity contribution in [3.63, 3.8) is 0 Å². The second-order valence-corrected chi connectivity index (χ2v) is 7.76. The minimum atomic E-state index is -0.873. The Hall–Kier alpha value is -3.80. The molecule has 1 aromatic heterocycles. The van der Waals surface area contributed by atoms with Crippen molar-refractivity contribution in [2.24, 2.45) is 0 Å². The largest absolute Gasteiger partial charge is 0.496 e. The highest BCUT2D eigenvalue weighted by Gasteiger charge is 2.29. The smallest absolute Gasteiger partial charge is 0.323 e. The van der Waals surface area contributed by atoms with Crippen molar-refractivity contribution in [2.75, 3.05) is 13.7 Å². The van der Waals surface area contributed by atoms with Crippen molar-refractivity contribution in [3.8, 4) is 5.75 Å². The SMILES string of the molecule is COc1ccc2ccccc2c1C(=O)N1CCc2c(c3ccccc3n2CC(=O)O)C1. The highest BCUT2D eigenvalue weighted by Crippen LogP contribution is 2.34. The molecule has 0 fully saturated rings. The second kappa shape index (κ2) is 7.47. The number of carbonyl (C=O) groups excluding carboxylic acids is 1. The van der Waals surface area contributed by atoms with E-state index >= 15 is 0 Å². The maximum atomic E-state index is 13.7. The molecule has 0 aliphatic carbocycles. The first-order valence-electron chi connectivity index (χ1n) is 10.2. The Morgan fingerprint density at radius 2 is 1.74 bits per heavy atom. The van der Waals surface area contributed by atoms with Gasteiger partial charge in [-0.1, -0.05) is 48.5 Å². The van der Waals surface area contributed by atoms with Gasteiger partial charge >= 0.3 is 5.97 Å². The fraction of sp³-hybridized carbons (Fsp3) is 0.200. The van der Waals surface area contributed by atoms with Gasteiger partial charge in [-0.3, -0.25) is 9.59 Å². The number of methoxy groups -OCH3 is 1. The van der Waals surface area contributed by atoms with E-state index < -0.39 is 5.97 Å². The Morgan fingerprint density at radius 1 is 1.00 bits per heavy atom. The molecule has 0 atom stereocenters. The van der Waals surface area contributed by atoms with Gasteiger partial charge < -0.3 is 19.3 Å². The number of carboxylic acid groups (broad SMARTS) is 1. The first-order valence-corrected chi connectivity index (χ1v) is 10.2. The van der Waals surface area contributed by atoms with E-state index in [-0.39, 0.29) is 12.5 Å². The fourth-order valence-corrected chi connectivity index (χ4v) is 4.69. The third-order valence-corrected chi connectivity index (χ3v) is 6.07. The molecule has 2 heterocycles. The van der Waals surface area contributed by atoms with E-state index in [2.05, 4.69) is 0 Å². The fourth-order valence-electron chi connectivity index (χ4n) is 4.69. The summed E-state index contributed by atoms with van der Waals surface area (Å²) in [6, 6.07) is 19.4. The topological polar surface area (TPSA) is 71.8 Å². The monoisotopic (exact) mass is 414 g/mol. The lowest BCUT2D eigenvalue weighted by Gasteiger charge is -2.29. The number of benzene rings is 3. The summed E-state index contributed by atoms with van der Waals surface area (Å²) in [5.41, 5.74) is 3.48.